The maximum atomic E-state index is 12.9. The van der Waals surface area contributed by atoms with E-state index in [1.165, 1.54) is 36.3 Å². The molecule has 2 N–H and O–H groups in total. The first-order valence-corrected chi connectivity index (χ1v) is 7.36. The van der Waals surface area contributed by atoms with Crippen molar-refractivity contribution in [3.8, 4) is 5.75 Å². The SMILES string of the molecule is COc1ccccc1NC(=O)NC1CN(c2ccc(F)cc2)C1=O. The average molecular weight is 329 g/mol. The summed E-state index contributed by atoms with van der Waals surface area (Å²) in [7, 11) is 1.51. The number of rotatable bonds is 4. The van der Waals surface area contributed by atoms with Crippen LogP contribution in [-0.2, 0) is 4.79 Å². The van der Waals surface area contributed by atoms with Gasteiger partial charge in [0.25, 0.3) is 5.91 Å². The molecule has 1 saturated heterocycles. The number of halogens is 1. The molecule has 1 atom stereocenters. The van der Waals surface area contributed by atoms with Crippen LogP contribution in [0.4, 0.5) is 20.6 Å². The Morgan fingerprint density at radius 1 is 1.21 bits per heavy atom. The van der Waals surface area contributed by atoms with Crippen LogP contribution in [0.25, 0.3) is 0 Å². The van der Waals surface area contributed by atoms with Crippen molar-refractivity contribution in [2.45, 2.75) is 6.04 Å². The molecular formula is C17H16FN3O3. The third-order valence-corrected chi connectivity index (χ3v) is 3.73. The summed E-state index contributed by atoms with van der Waals surface area (Å²) >= 11 is 0. The summed E-state index contributed by atoms with van der Waals surface area (Å²) in [6.45, 7) is 0.337. The van der Waals surface area contributed by atoms with Crippen molar-refractivity contribution >= 4 is 23.3 Å². The Morgan fingerprint density at radius 3 is 2.58 bits per heavy atom. The third-order valence-electron chi connectivity index (χ3n) is 3.73. The molecule has 1 unspecified atom stereocenters. The van der Waals surface area contributed by atoms with Gasteiger partial charge in [-0.2, -0.15) is 0 Å². The number of hydrogen-bond acceptors (Lipinski definition) is 3. The van der Waals surface area contributed by atoms with E-state index in [1.807, 2.05) is 0 Å². The van der Waals surface area contributed by atoms with E-state index in [9.17, 15) is 14.0 Å². The fourth-order valence-electron chi connectivity index (χ4n) is 2.45. The summed E-state index contributed by atoms with van der Waals surface area (Å²) in [5.41, 5.74) is 1.12. The fourth-order valence-corrected chi connectivity index (χ4v) is 2.45. The van der Waals surface area contributed by atoms with Crippen LogP contribution < -0.4 is 20.3 Å². The van der Waals surface area contributed by atoms with Gasteiger partial charge < -0.3 is 20.3 Å². The summed E-state index contributed by atoms with van der Waals surface area (Å²) in [5, 5.41) is 5.25. The van der Waals surface area contributed by atoms with E-state index in [0.717, 1.165) is 0 Å². The average Bonchev–Trinajstić information content (AvgIpc) is 2.59. The number of carbonyl (C=O) groups is 2. The summed E-state index contributed by atoms with van der Waals surface area (Å²) in [5.74, 6) is -0.0742. The molecule has 124 valence electrons. The molecule has 3 rings (SSSR count). The molecule has 2 aromatic carbocycles. The highest BCUT2D eigenvalue weighted by Crippen LogP contribution is 2.24. The van der Waals surface area contributed by atoms with Gasteiger partial charge in [0.2, 0.25) is 0 Å². The Morgan fingerprint density at radius 2 is 1.92 bits per heavy atom. The first-order chi connectivity index (χ1) is 11.6. The molecule has 1 aliphatic heterocycles. The Kier molecular flexibility index (Phi) is 4.33. The Balaban J connectivity index is 1.57. The lowest BCUT2D eigenvalue weighted by Crippen LogP contribution is -2.64. The summed E-state index contributed by atoms with van der Waals surface area (Å²) < 4.78 is 18.1. The largest absolute Gasteiger partial charge is 0.495 e. The lowest BCUT2D eigenvalue weighted by atomic mass is 10.1. The van der Waals surface area contributed by atoms with Gasteiger partial charge in [0.1, 0.15) is 17.6 Å². The molecule has 1 aliphatic rings. The zero-order valence-electron chi connectivity index (χ0n) is 13.0. The van der Waals surface area contributed by atoms with Crippen molar-refractivity contribution in [2.75, 3.05) is 23.9 Å². The Hall–Kier alpha value is -3.09. The number of benzene rings is 2. The number of carbonyl (C=O) groups excluding carboxylic acids is 2. The number of β-lactam (4-membered cyclic amide) rings is 1. The van der Waals surface area contributed by atoms with Gasteiger partial charge in [-0.15, -0.1) is 0 Å². The molecule has 1 heterocycles. The maximum absolute atomic E-state index is 12.9. The molecule has 7 heteroatoms. The number of methoxy groups -OCH3 is 1. The number of nitrogens with one attached hydrogen (secondary N) is 2. The van der Waals surface area contributed by atoms with Gasteiger partial charge >= 0.3 is 6.03 Å². The Labute approximate surface area is 138 Å². The molecule has 2 aromatic rings. The first-order valence-electron chi connectivity index (χ1n) is 7.36. The minimum Gasteiger partial charge on any atom is -0.495 e. The van der Waals surface area contributed by atoms with Crippen LogP contribution in [0.2, 0.25) is 0 Å². The molecule has 6 nitrogen and oxygen atoms in total. The van der Waals surface area contributed by atoms with Gasteiger partial charge in [0.15, 0.2) is 0 Å². The minimum atomic E-state index is -0.607. The van der Waals surface area contributed by atoms with E-state index in [-0.39, 0.29) is 11.7 Å². The molecule has 0 bridgehead atoms. The lowest BCUT2D eigenvalue weighted by Gasteiger charge is -2.38. The minimum absolute atomic E-state index is 0.239. The van der Waals surface area contributed by atoms with Crippen LogP contribution in [0, 0.1) is 5.82 Å². The topological polar surface area (TPSA) is 70.7 Å². The van der Waals surface area contributed by atoms with E-state index in [1.54, 1.807) is 24.3 Å². The highest BCUT2D eigenvalue weighted by molar-refractivity contribution is 6.06. The van der Waals surface area contributed by atoms with Crippen molar-refractivity contribution in [3.63, 3.8) is 0 Å². The third kappa shape index (κ3) is 3.15. The van der Waals surface area contributed by atoms with Crippen molar-refractivity contribution in [2.24, 2.45) is 0 Å². The summed E-state index contributed by atoms with van der Waals surface area (Å²) in [4.78, 5) is 25.6. The number of hydrogen-bond donors (Lipinski definition) is 2. The molecule has 0 aliphatic carbocycles. The normalized spacial score (nSPS) is 16.3. The smallest absolute Gasteiger partial charge is 0.320 e. The van der Waals surface area contributed by atoms with Gasteiger partial charge in [-0.05, 0) is 36.4 Å². The second-order valence-electron chi connectivity index (χ2n) is 5.28. The van der Waals surface area contributed by atoms with Crippen molar-refractivity contribution < 1.29 is 18.7 Å². The van der Waals surface area contributed by atoms with E-state index >= 15 is 0 Å². The second kappa shape index (κ2) is 6.57. The van der Waals surface area contributed by atoms with E-state index in [0.29, 0.717) is 23.7 Å². The highest BCUT2D eigenvalue weighted by atomic mass is 19.1. The lowest BCUT2D eigenvalue weighted by molar-refractivity contribution is -0.124. The molecule has 0 aromatic heterocycles. The monoisotopic (exact) mass is 329 g/mol. The number of nitrogens with zero attached hydrogens (tertiary/aromatic N) is 1. The number of amides is 3. The zero-order chi connectivity index (χ0) is 17.1. The standard InChI is InChI=1S/C17H16FN3O3/c1-24-15-5-3-2-4-13(15)19-17(23)20-14-10-21(16(14)22)12-8-6-11(18)7-9-12/h2-9,14H,10H2,1H3,(H2,19,20,23). The van der Waals surface area contributed by atoms with Crippen LogP contribution in [0.1, 0.15) is 0 Å². The molecule has 1 fully saturated rings. The predicted molar refractivity (Wildman–Crippen MR) is 87.7 cm³/mol. The van der Waals surface area contributed by atoms with Gasteiger partial charge in [-0.3, -0.25) is 4.79 Å². The maximum Gasteiger partial charge on any atom is 0.320 e. The second-order valence-corrected chi connectivity index (χ2v) is 5.28. The number of urea groups is 1. The van der Waals surface area contributed by atoms with Crippen LogP contribution >= 0.6 is 0 Å². The Bertz CT molecular complexity index is 764. The van der Waals surface area contributed by atoms with E-state index < -0.39 is 12.1 Å². The van der Waals surface area contributed by atoms with Crippen LogP contribution in [0.15, 0.2) is 48.5 Å². The van der Waals surface area contributed by atoms with Crippen molar-refractivity contribution in [1.29, 1.82) is 0 Å². The number of para-hydroxylation sites is 2. The van der Waals surface area contributed by atoms with Crippen LogP contribution in [0.5, 0.6) is 5.75 Å². The van der Waals surface area contributed by atoms with Crippen LogP contribution in [0.3, 0.4) is 0 Å². The van der Waals surface area contributed by atoms with Gasteiger partial charge in [-0.1, -0.05) is 12.1 Å². The zero-order valence-corrected chi connectivity index (χ0v) is 13.0. The summed E-state index contributed by atoms with van der Waals surface area (Å²) in [6, 6.07) is 11.5. The predicted octanol–water partition coefficient (Wildman–Crippen LogP) is 2.37. The highest BCUT2D eigenvalue weighted by Gasteiger charge is 2.38. The molecule has 0 radical (unpaired) electrons. The molecule has 24 heavy (non-hydrogen) atoms. The molecular weight excluding hydrogens is 313 g/mol. The number of ether oxygens (including phenoxy) is 1. The van der Waals surface area contributed by atoms with Crippen LogP contribution in [-0.4, -0.2) is 31.6 Å². The fraction of sp³-hybridized carbons (Fsp3) is 0.176. The van der Waals surface area contributed by atoms with Gasteiger partial charge in [0, 0.05) is 5.69 Å². The first kappa shape index (κ1) is 15.8. The molecule has 0 spiro atoms. The molecule has 0 saturated carbocycles. The van der Waals surface area contributed by atoms with Crippen molar-refractivity contribution in [1.82, 2.24) is 5.32 Å². The quantitative estimate of drug-likeness (QED) is 0.846. The van der Waals surface area contributed by atoms with E-state index in [2.05, 4.69) is 10.6 Å². The van der Waals surface area contributed by atoms with Gasteiger partial charge in [-0.25, -0.2) is 9.18 Å². The van der Waals surface area contributed by atoms with Crippen molar-refractivity contribution in [3.05, 3.63) is 54.3 Å². The summed E-state index contributed by atoms with van der Waals surface area (Å²) in [6.07, 6.45) is 0. The van der Waals surface area contributed by atoms with E-state index in [4.69, 9.17) is 4.74 Å². The number of anilines is 2. The molecule has 3 amide bonds. The van der Waals surface area contributed by atoms with Gasteiger partial charge in [0.05, 0.1) is 19.3 Å².